The second kappa shape index (κ2) is 5.07. The van der Waals surface area contributed by atoms with Gasteiger partial charge in [-0.2, -0.15) is 0 Å². The maximum absolute atomic E-state index is 12.5. The van der Waals surface area contributed by atoms with Crippen LogP contribution in [0.1, 0.15) is 0 Å². The van der Waals surface area contributed by atoms with Gasteiger partial charge in [0.05, 0.1) is 16.6 Å². The van der Waals surface area contributed by atoms with Gasteiger partial charge in [-0.25, -0.2) is 4.98 Å². The van der Waals surface area contributed by atoms with Gasteiger partial charge in [0.15, 0.2) is 0 Å². The number of benzene rings is 2. The van der Waals surface area contributed by atoms with E-state index in [4.69, 9.17) is 0 Å². The van der Waals surface area contributed by atoms with E-state index >= 15 is 0 Å². The van der Waals surface area contributed by atoms with E-state index in [1.54, 1.807) is 24.3 Å². The standard InChI is InChI=1S/C14H8BrF3N2O/c15-8-4-3-7-11(21-14(16,17)18)12(8)13-19-9-5-1-2-6-10(9)20-13/h1-7H,(H,19,20). The number of aromatic nitrogens is 2. The van der Waals surface area contributed by atoms with Crippen molar-refractivity contribution < 1.29 is 17.9 Å². The predicted molar refractivity (Wildman–Crippen MR) is 75.9 cm³/mol. The molecule has 0 bridgehead atoms. The number of alkyl halides is 3. The Labute approximate surface area is 125 Å². The summed E-state index contributed by atoms with van der Waals surface area (Å²) in [6.07, 6.45) is -4.76. The third-order valence-corrected chi connectivity index (χ3v) is 3.49. The first-order valence-corrected chi connectivity index (χ1v) is 6.73. The van der Waals surface area contributed by atoms with E-state index in [-0.39, 0.29) is 11.3 Å². The van der Waals surface area contributed by atoms with Crippen LogP contribution >= 0.6 is 15.9 Å². The predicted octanol–water partition coefficient (Wildman–Crippen LogP) is 4.89. The van der Waals surface area contributed by atoms with Gasteiger partial charge in [-0.15, -0.1) is 13.2 Å². The van der Waals surface area contributed by atoms with Crippen LogP contribution in [0, 0.1) is 0 Å². The summed E-state index contributed by atoms with van der Waals surface area (Å²) < 4.78 is 42.1. The molecule has 0 saturated heterocycles. The highest BCUT2D eigenvalue weighted by molar-refractivity contribution is 9.10. The minimum atomic E-state index is -4.76. The molecule has 108 valence electrons. The highest BCUT2D eigenvalue weighted by atomic mass is 79.9. The molecule has 0 aliphatic carbocycles. The van der Waals surface area contributed by atoms with Gasteiger partial charge in [-0.05, 0) is 40.2 Å². The number of H-pyrrole nitrogens is 1. The Morgan fingerprint density at radius 3 is 2.52 bits per heavy atom. The van der Waals surface area contributed by atoms with Crippen molar-refractivity contribution in [3.05, 3.63) is 46.9 Å². The lowest BCUT2D eigenvalue weighted by atomic mass is 10.2. The molecule has 3 nitrogen and oxygen atoms in total. The largest absolute Gasteiger partial charge is 0.573 e. The number of halogens is 4. The van der Waals surface area contributed by atoms with Crippen LogP contribution in [0.25, 0.3) is 22.4 Å². The molecule has 2 aromatic carbocycles. The maximum atomic E-state index is 12.5. The summed E-state index contributed by atoms with van der Waals surface area (Å²) in [4.78, 5) is 7.29. The Hall–Kier alpha value is -2.02. The molecule has 3 rings (SSSR count). The maximum Gasteiger partial charge on any atom is 0.573 e. The lowest BCUT2D eigenvalue weighted by Gasteiger charge is -2.13. The monoisotopic (exact) mass is 356 g/mol. The van der Waals surface area contributed by atoms with Crippen LogP contribution in [0.2, 0.25) is 0 Å². The van der Waals surface area contributed by atoms with Gasteiger partial charge in [0.25, 0.3) is 0 Å². The molecule has 0 aliphatic rings. The third kappa shape index (κ3) is 2.87. The number of para-hydroxylation sites is 2. The van der Waals surface area contributed by atoms with Gasteiger partial charge in [0.2, 0.25) is 0 Å². The van der Waals surface area contributed by atoms with Crippen molar-refractivity contribution in [1.29, 1.82) is 0 Å². The number of aromatic amines is 1. The summed E-state index contributed by atoms with van der Waals surface area (Å²) in [6, 6.07) is 11.5. The van der Waals surface area contributed by atoms with Gasteiger partial charge in [-0.1, -0.05) is 18.2 Å². The number of nitrogens with one attached hydrogen (secondary N) is 1. The van der Waals surface area contributed by atoms with Crippen molar-refractivity contribution in [2.75, 3.05) is 0 Å². The van der Waals surface area contributed by atoms with E-state index in [9.17, 15) is 13.2 Å². The van der Waals surface area contributed by atoms with Gasteiger partial charge in [-0.3, -0.25) is 0 Å². The lowest BCUT2D eigenvalue weighted by molar-refractivity contribution is -0.274. The Morgan fingerprint density at radius 1 is 1.05 bits per heavy atom. The van der Waals surface area contributed by atoms with E-state index in [1.165, 1.54) is 12.1 Å². The van der Waals surface area contributed by atoms with Crippen LogP contribution in [0.5, 0.6) is 5.75 Å². The van der Waals surface area contributed by atoms with Crippen molar-refractivity contribution in [3.8, 4) is 17.1 Å². The van der Waals surface area contributed by atoms with E-state index in [1.807, 2.05) is 6.07 Å². The number of fused-ring (bicyclic) bond motifs is 1. The molecule has 7 heteroatoms. The molecule has 1 N–H and O–H groups in total. The number of rotatable bonds is 2. The smallest absolute Gasteiger partial charge is 0.405 e. The molecule has 0 saturated carbocycles. The molecule has 1 aromatic heterocycles. The first kappa shape index (κ1) is 13.9. The molecule has 0 fully saturated rings. The van der Waals surface area contributed by atoms with Crippen molar-refractivity contribution in [2.24, 2.45) is 0 Å². The summed E-state index contributed by atoms with van der Waals surface area (Å²) in [7, 11) is 0. The summed E-state index contributed by atoms with van der Waals surface area (Å²) in [6.45, 7) is 0. The Kier molecular flexibility index (Phi) is 3.36. The first-order valence-electron chi connectivity index (χ1n) is 5.93. The Bertz CT molecular complexity index is 765. The first-order chi connectivity index (χ1) is 9.94. The molecule has 0 aliphatic heterocycles. The quantitative estimate of drug-likeness (QED) is 0.709. The highest BCUT2D eigenvalue weighted by Crippen LogP contribution is 2.38. The Balaban J connectivity index is 2.16. The molecule has 3 aromatic rings. The van der Waals surface area contributed by atoms with Crippen LogP contribution < -0.4 is 4.74 Å². The van der Waals surface area contributed by atoms with E-state index < -0.39 is 6.36 Å². The summed E-state index contributed by atoms with van der Waals surface area (Å²) in [5.74, 6) is -0.00106. The molecule has 1 heterocycles. The van der Waals surface area contributed by atoms with Crippen LogP contribution in [0.4, 0.5) is 13.2 Å². The fourth-order valence-corrected chi connectivity index (χ4v) is 2.55. The minimum Gasteiger partial charge on any atom is -0.405 e. The molecule has 0 amide bonds. The zero-order chi connectivity index (χ0) is 15.0. The molecule has 0 spiro atoms. The summed E-state index contributed by atoms with van der Waals surface area (Å²) in [5.41, 5.74) is 1.63. The van der Waals surface area contributed by atoms with Crippen molar-refractivity contribution in [3.63, 3.8) is 0 Å². The number of hydrogen-bond donors (Lipinski definition) is 1. The average molecular weight is 357 g/mol. The van der Waals surface area contributed by atoms with Gasteiger partial charge >= 0.3 is 6.36 Å². The number of ether oxygens (including phenoxy) is 1. The number of imidazole rings is 1. The zero-order valence-corrected chi connectivity index (χ0v) is 12.0. The highest BCUT2D eigenvalue weighted by Gasteiger charge is 2.33. The normalized spacial score (nSPS) is 11.8. The third-order valence-electron chi connectivity index (χ3n) is 2.83. The topological polar surface area (TPSA) is 37.9 Å². The molecular formula is C14H8BrF3N2O. The van der Waals surface area contributed by atoms with Crippen LogP contribution in [0.15, 0.2) is 46.9 Å². The molecule has 0 unspecified atom stereocenters. The summed E-state index contributed by atoms with van der Waals surface area (Å²) >= 11 is 3.24. The van der Waals surface area contributed by atoms with Crippen molar-refractivity contribution in [2.45, 2.75) is 6.36 Å². The molecule has 0 radical (unpaired) electrons. The number of nitrogens with zero attached hydrogens (tertiary/aromatic N) is 1. The molecule has 21 heavy (non-hydrogen) atoms. The second-order valence-corrected chi connectivity index (χ2v) is 5.12. The lowest BCUT2D eigenvalue weighted by Crippen LogP contribution is -2.17. The fraction of sp³-hybridized carbons (Fsp3) is 0.0714. The van der Waals surface area contributed by atoms with Crippen molar-refractivity contribution >= 4 is 27.0 Å². The van der Waals surface area contributed by atoms with E-state index in [2.05, 4.69) is 30.6 Å². The van der Waals surface area contributed by atoms with E-state index in [0.717, 1.165) is 5.52 Å². The second-order valence-electron chi connectivity index (χ2n) is 4.26. The zero-order valence-electron chi connectivity index (χ0n) is 10.4. The molecular weight excluding hydrogens is 349 g/mol. The SMILES string of the molecule is FC(F)(F)Oc1cccc(Br)c1-c1nc2ccccc2[nH]1. The average Bonchev–Trinajstić information content (AvgIpc) is 2.80. The van der Waals surface area contributed by atoms with Crippen LogP contribution in [-0.2, 0) is 0 Å². The molecule has 0 atom stereocenters. The van der Waals surface area contributed by atoms with Crippen LogP contribution in [0.3, 0.4) is 0 Å². The Morgan fingerprint density at radius 2 is 1.81 bits per heavy atom. The fourth-order valence-electron chi connectivity index (χ4n) is 2.02. The van der Waals surface area contributed by atoms with E-state index in [0.29, 0.717) is 15.8 Å². The van der Waals surface area contributed by atoms with Crippen molar-refractivity contribution in [1.82, 2.24) is 9.97 Å². The van der Waals surface area contributed by atoms with Crippen LogP contribution in [-0.4, -0.2) is 16.3 Å². The van der Waals surface area contributed by atoms with Gasteiger partial charge < -0.3 is 9.72 Å². The minimum absolute atomic E-state index is 0.228. The van der Waals surface area contributed by atoms with Gasteiger partial charge in [0.1, 0.15) is 11.6 Å². The number of hydrogen-bond acceptors (Lipinski definition) is 2. The van der Waals surface area contributed by atoms with Gasteiger partial charge in [0, 0.05) is 4.47 Å². The summed E-state index contributed by atoms with van der Waals surface area (Å²) in [5, 5.41) is 0.